The Hall–Kier alpha value is -1.99. The van der Waals surface area contributed by atoms with Crippen LogP contribution < -0.4 is 15.9 Å². The predicted octanol–water partition coefficient (Wildman–Crippen LogP) is 0.941. The van der Waals surface area contributed by atoms with E-state index in [2.05, 4.69) is 11.1 Å². The molecule has 2 heterocycles. The van der Waals surface area contributed by atoms with Gasteiger partial charge in [-0.2, -0.15) is 0 Å². The molecule has 0 saturated carbocycles. The maximum atomic E-state index is 9.46. The first-order valence-corrected chi connectivity index (χ1v) is 8.45. The molecule has 2 radical (unpaired) electrons. The van der Waals surface area contributed by atoms with Crippen molar-refractivity contribution in [3.63, 3.8) is 0 Å². The Kier molecular flexibility index (Phi) is 4.80. The summed E-state index contributed by atoms with van der Waals surface area (Å²) in [5, 5.41) is 10.9. The number of aliphatic hydroxyl groups is 1. The fourth-order valence-electron chi connectivity index (χ4n) is 3.48. The average Bonchev–Trinajstić information content (AvgIpc) is 2.82. The molecule has 1 spiro atoms. The quantitative estimate of drug-likeness (QED) is 0.629. The molecule has 7 heteroatoms. The first-order chi connectivity index (χ1) is 11.8. The van der Waals surface area contributed by atoms with Crippen LogP contribution in [0.5, 0.6) is 5.75 Å². The number of nitrogens with zero attached hydrogens (tertiary/aromatic N) is 2. The summed E-state index contributed by atoms with van der Waals surface area (Å²) in [5.41, 5.74) is 7.58. The number of allylic oxidation sites excluding steroid dienone is 1. The van der Waals surface area contributed by atoms with Crippen molar-refractivity contribution in [2.45, 2.75) is 38.5 Å². The van der Waals surface area contributed by atoms with Crippen LogP contribution in [0.3, 0.4) is 0 Å². The third-order valence-electron chi connectivity index (χ3n) is 4.57. The Labute approximate surface area is 149 Å². The van der Waals surface area contributed by atoms with E-state index >= 15 is 0 Å². The molecule has 3 unspecified atom stereocenters. The zero-order chi connectivity index (χ0) is 18.2. The average molecular weight is 341 g/mol. The van der Waals surface area contributed by atoms with Crippen molar-refractivity contribution in [3.05, 3.63) is 35.4 Å². The molecule has 2 aliphatic rings. The molecule has 0 bridgehead atoms. The summed E-state index contributed by atoms with van der Waals surface area (Å²) in [4.78, 5) is 10.6. The van der Waals surface area contributed by atoms with Crippen molar-refractivity contribution in [2.24, 2.45) is 16.6 Å². The molecule has 3 rings (SSSR count). The van der Waals surface area contributed by atoms with Gasteiger partial charge in [-0.3, -0.25) is 0 Å². The Balaban J connectivity index is 2.04. The molecule has 1 aromatic carbocycles. The van der Waals surface area contributed by atoms with Crippen molar-refractivity contribution in [1.82, 2.24) is 5.06 Å². The van der Waals surface area contributed by atoms with E-state index in [1.54, 1.807) is 13.1 Å². The molecule has 25 heavy (non-hydrogen) atoms. The predicted molar refractivity (Wildman–Crippen MR) is 97.6 cm³/mol. The summed E-state index contributed by atoms with van der Waals surface area (Å²) in [6.45, 7) is 4.16. The number of aliphatic imine (C=N–C) groups is 1. The van der Waals surface area contributed by atoms with Crippen molar-refractivity contribution >= 4 is 19.3 Å². The second kappa shape index (κ2) is 6.73. The summed E-state index contributed by atoms with van der Waals surface area (Å²) >= 11 is 0. The standard InChI is InChI=1S/C18H24BN3O3/c1-11(2)8-12(6-7-23)16-10-18(21-17(20)22(3)25-18)14-9-13(19)4-5-15(14)24-16/h4-5,8-9,12,16,23H,6-7,10H2,1-3H3,(H2,20,21). The van der Waals surface area contributed by atoms with Crippen molar-refractivity contribution < 1.29 is 14.7 Å². The number of hydroxylamine groups is 2. The van der Waals surface area contributed by atoms with Crippen molar-refractivity contribution in [3.8, 4) is 5.75 Å². The van der Waals surface area contributed by atoms with E-state index in [4.69, 9.17) is 23.2 Å². The fraction of sp³-hybridized carbons (Fsp3) is 0.500. The number of aliphatic hydroxyl groups excluding tert-OH is 1. The molecule has 0 amide bonds. The van der Waals surface area contributed by atoms with Crippen LogP contribution in [-0.2, 0) is 10.6 Å². The lowest BCUT2D eigenvalue weighted by atomic mass is 9.83. The second-order valence-corrected chi connectivity index (χ2v) is 6.88. The highest BCUT2D eigenvalue weighted by molar-refractivity contribution is 6.32. The minimum Gasteiger partial charge on any atom is -0.489 e. The first kappa shape index (κ1) is 17.8. The molecule has 132 valence electrons. The van der Waals surface area contributed by atoms with Gasteiger partial charge in [-0.15, -0.1) is 0 Å². The van der Waals surface area contributed by atoms with Gasteiger partial charge in [0, 0.05) is 26.0 Å². The summed E-state index contributed by atoms with van der Waals surface area (Å²) in [7, 11) is 7.69. The van der Waals surface area contributed by atoms with Gasteiger partial charge in [0.1, 0.15) is 19.7 Å². The zero-order valence-electron chi connectivity index (χ0n) is 14.9. The number of benzene rings is 1. The van der Waals surface area contributed by atoms with E-state index in [0.717, 1.165) is 5.56 Å². The molecule has 3 atom stereocenters. The minimum absolute atomic E-state index is 0.0449. The Morgan fingerprint density at radius 2 is 2.32 bits per heavy atom. The number of fused-ring (bicyclic) bond motifs is 2. The highest BCUT2D eigenvalue weighted by Gasteiger charge is 2.49. The van der Waals surface area contributed by atoms with Gasteiger partial charge in [-0.1, -0.05) is 29.2 Å². The molecule has 0 saturated heterocycles. The highest BCUT2D eigenvalue weighted by atomic mass is 16.7. The SMILES string of the molecule is [B]c1ccc2c(c1)C1(CC(C(C=C(C)C)CCO)O2)N=C(N)N(C)O1. The van der Waals surface area contributed by atoms with Crippen molar-refractivity contribution in [2.75, 3.05) is 13.7 Å². The lowest BCUT2D eigenvalue weighted by molar-refractivity contribution is -0.193. The van der Waals surface area contributed by atoms with Crippen molar-refractivity contribution in [1.29, 1.82) is 0 Å². The molecule has 0 aromatic heterocycles. The highest BCUT2D eigenvalue weighted by Crippen LogP contribution is 2.47. The van der Waals surface area contributed by atoms with Crippen LogP contribution in [0.25, 0.3) is 0 Å². The summed E-state index contributed by atoms with van der Waals surface area (Å²) in [5.74, 6) is 1.04. The normalized spacial score (nSPS) is 26.0. The molecule has 6 nitrogen and oxygen atoms in total. The number of hydrogen-bond acceptors (Lipinski definition) is 6. The fourth-order valence-corrected chi connectivity index (χ4v) is 3.48. The van der Waals surface area contributed by atoms with E-state index in [9.17, 15) is 5.11 Å². The molecule has 1 aromatic rings. The Morgan fingerprint density at radius 1 is 1.56 bits per heavy atom. The summed E-state index contributed by atoms with van der Waals surface area (Å²) in [6.07, 6.45) is 3.03. The minimum atomic E-state index is -0.949. The number of hydrogen-bond donors (Lipinski definition) is 2. The number of rotatable bonds is 4. The Morgan fingerprint density at radius 3 is 2.92 bits per heavy atom. The molecule has 2 aliphatic heterocycles. The monoisotopic (exact) mass is 341 g/mol. The van der Waals surface area contributed by atoms with E-state index in [1.165, 1.54) is 10.6 Å². The van der Waals surface area contributed by atoms with Crippen LogP contribution in [0, 0.1) is 5.92 Å². The zero-order valence-corrected chi connectivity index (χ0v) is 14.9. The second-order valence-electron chi connectivity index (χ2n) is 6.88. The van der Waals surface area contributed by atoms with Crippen LogP contribution in [-0.4, -0.2) is 43.7 Å². The topological polar surface area (TPSA) is 80.3 Å². The molecule has 0 fully saturated rings. The first-order valence-electron chi connectivity index (χ1n) is 8.45. The summed E-state index contributed by atoms with van der Waals surface area (Å²) in [6, 6.07) is 5.45. The van der Waals surface area contributed by atoms with E-state index in [0.29, 0.717) is 30.0 Å². The smallest absolute Gasteiger partial charge is 0.221 e. The molecule has 0 aliphatic carbocycles. The van der Waals surface area contributed by atoms with Gasteiger partial charge in [0.25, 0.3) is 0 Å². The van der Waals surface area contributed by atoms with Crippen LogP contribution in [0.2, 0.25) is 0 Å². The number of guanidine groups is 1. The Bertz CT molecular complexity index is 718. The van der Waals surface area contributed by atoms with Crippen LogP contribution in [0.1, 0.15) is 32.3 Å². The maximum Gasteiger partial charge on any atom is 0.221 e. The molecule has 3 N–H and O–H groups in total. The lowest BCUT2D eigenvalue weighted by Gasteiger charge is -2.39. The van der Waals surface area contributed by atoms with E-state index in [1.807, 2.05) is 26.0 Å². The van der Waals surface area contributed by atoms with Gasteiger partial charge in [0.05, 0.1) is 5.56 Å². The van der Waals surface area contributed by atoms with Gasteiger partial charge >= 0.3 is 0 Å². The molecular weight excluding hydrogens is 317 g/mol. The molecular formula is C18H24BN3O3. The third kappa shape index (κ3) is 3.39. The van der Waals surface area contributed by atoms with Gasteiger partial charge < -0.3 is 15.6 Å². The van der Waals surface area contributed by atoms with E-state index in [-0.39, 0.29) is 18.6 Å². The van der Waals surface area contributed by atoms with Crippen LogP contribution in [0.4, 0.5) is 0 Å². The van der Waals surface area contributed by atoms with Gasteiger partial charge in [-0.25, -0.2) is 14.9 Å². The lowest BCUT2D eigenvalue weighted by Crippen LogP contribution is -2.43. The van der Waals surface area contributed by atoms with Crippen LogP contribution >= 0.6 is 0 Å². The maximum absolute atomic E-state index is 9.46. The largest absolute Gasteiger partial charge is 0.489 e. The number of ether oxygens (including phenoxy) is 1. The van der Waals surface area contributed by atoms with Crippen LogP contribution in [0.15, 0.2) is 34.8 Å². The van der Waals surface area contributed by atoms with E-state index < -0.39 is 5.72 Å². The summed E-state index contributed by atoms with van der Waals surface area (Å²) < 4.78 is 6.24. The van der Waals surface area contributed by atoms with Gasteiger partial charge in [-0.05, 0) is 26.3 Å². The van der Waals surface area contributed by atoms with Gasteiger partial charge in [0.2, 0.25) is 11.7 Å². The van der Waals surface area contributed by atoms with Gasteiger partial charge in [0.15, 0.2) is 0 Å². The third-order valence-corrected chi connectivity index (χ3v) is 4.57. The number of nitrogens with two attached hydrogens (primary N) is 1.